The zero-order valence-electron chi connectivity index (χ0n) is 26.7. The maximum Gasteiger partial charge on any atom is 0.310 e. The molecule has 0 radical (unpaired) electrons. The van der Waals surface area contributed by atoms with Crippen molar-refractivity contribution in [3.8, 4) is 0 Å². The van der Waals surface area contributed by atoms with Crippen LogP contribution in [0.2, 0.25) is 0 Å². The normalized spacial score (nSPS) is 34.7. The highest BCUT2D eigenvalue weighted by Crippen LogP contribution is 2.68. The van der Waals surface area contributed by atoms with Crippen LogP contribution in [0.25, 0.3) is 0 Å². The number of nitrogens with zero attached hydrogens (tertiary/aromatic N) is 2. The maximum absolute atomic E-state index is 12.5. The first-order chi connectivity index (χ1) is 20.4. The van der Waals surface area contributed by atoms with Gasteiger partial charge in [0.2, 0.25) is 0 Å². The van der Waals surface area contributed by atoms with Crippen molar-refractivity contribution in [2.24, 2.45) is 52.3 Å². The van der Waals surface area contributed by atoms with Crippen LogP contribution < -0.4 is 0 Å². The molecule has 5 rings (SSSR count). The number of non-ortho nitro benzene ring substituents is 1. The molecule has 43 heavy (non-hydrogen) atoms. The van der Waals surface area contributed by atoms with Crippen molar-refractivity contribution in [3.63, 3.8) is 0 Å². The molecule has 0 bridgehead atoms. The Bertz CT molecular complexity index is 1200. The van der Waals surface area contributed by atoms with Crippen LogP contribution in [0.1, 0.15) is 117 Å². The second-order valence-corrected chi connectivity index (χ2v) is 15.3. The van der Waals surface area contributed by atoms with Crippen LogP contribution in [0.5, 0.6) is 0 Å². The molecule has 0 N–H and O–H groups in total. The lowest BCUT2D eigenvalue weighted by Gasteiger charge is -2.61. The van der Waals surface area contributed by atoms with Crippen molar-refractivity contribution >= 4 is 17.3 Å². The molecule has 238 valence electrons. The minimum absolute atomic E-state index is 0.125. The highest BCUT2D eigenvalue weighted by atomic mass is 16.6. The molecule has 4 fully saturated rings. The molecule has 0 aliphatic heterocycles. The molecule has 4 aliphatic carbocycles. The van der Waals surface area contributed by atoms with Crippen LogP contribution in [0.4, 0.5) is 11.4 Å². The largest absolute Gasteiger partial charge is 0.465 e. The van der Waals surface area contributed by atoms with Gasteiger partial charge in [-0.15, -0.1) is 0 Å². The van der Waals surface area contributed by atoms with Crippen LogP contribution in [-0.2, 0) is 16.0 Å². The number of nitro benzene ring substituents is 2. The third kappa shape index (κ3) is 6.35. The highest BCUT2D eigenvalue weighted by Gasteiger charge is 2.60. The maximum atomic E-state index is 12.5. The summed E-state index contributed by atoms with van der Waals surface area (Å²) in [6.07, 6.45) is 17.4. The first-order valence-corrected chi connectivity index (χ1v) is 17.0. The molecule has 2 unspecified atom stereocenters. The van der Waals surface area contributed by atoms with E-state index in [1.165, 1.54) is 82.8 Å². The van der Waals surface area contributed by atoms with Crippen molar-refractivity contribution in [2.45, 2.75) is 118 Å². The van der Waals surface area contributed by atoms with Crippen molar-refractivity contribution < 1.29 is 19.4 Å². The summed E-state index contributed by atoms with van der Waals surface area (Å²) >= 11 is 0. The number of rotatable bonds is 11. The van der Waals surface area contributed by atoms with Crippen LogP contribution >= 0.6 is 0 Å². The van der Waals surface area contributed by atoms with Crippen LogP contribution in [0.3, 0.4) is 0 Å². The Morgan fingerprint density at radius 3 is 2.44 bits per heavy atom. The Morgan fingerprint density at radius 1 is 0.930 bits per heavy atom. The summed E-state index contributed by atoms with van der Waals surface area (Å²) < 4.78 is 5.46. The molecule has 0 aromatic heterocycles. The van der Waals surface area contributed by atoms with Crippen LogP contribution in [0, 0.1) is 72.5 Å². The number of ether oxygens (including phenoxy) is 1. The van der Waals surface area contributed by atoms with E-state index in [4.69, 9.17) is 4.74 Å². The van der Waals surface area contributed by atoms with Gasteiger partial charge >= 0.3 is 5.97 Å². The summed E-state index contributed by atoms with van der Waals surface area (Å²) in [6, 6.07) is 3.34. The summed E-state index contributed by atoms with van der Waals surface area (Å²) in [5, 5.41) is 22.3. The van der Waals surface area contributed by atoms with E-state index in [-0.39, 0.29) is 30.2 Å². The van der Waals surface area contributed by atoms with E-state index < -0.39 is 21.5 Å². The minimum atomic E-state index is -0.695. The predicted octanol–water partition coefficient (Wildman–Crippen LogP) is 9.08. The molecule has 0 heterocycles. The number of hydrogen-bond donors (Lipinski definition) is 0. The van der Waals surface area contributed by atoms with E-state index in [9.17, 15) is 25.0 Å². The number of nitro groups is 2. The van der Waals surface area contributed by atoms with Gasteiger partial charge in [-0.2, -0.15) is 0 Å². The third-order valence-corrected chi connectivity index (χ3v) is 13.0. The van der Waals surface area contributed by atoms with Gasteiger partial charge in [0.15, 0.2) is 0 Å². The monoisotopic (exact) mass is 596 g/mol. The summed E-state index contributed by atoms with van der Waals surface area (Å²) in [5.74, 6) is 4.94. The first kappa shape index (κ1) is 31.9. The van der Waals surface area contributed by atoms with Crippen molar-refractivity contribution in [1.29, 1.82) is 0 Å². The zero-order chi connectivity index (χ0) is 30.9. The van der Waals surface area contributed by atoms with E-state index in [0.717, 1.165) is 48.5 Å². The molecule has 0 saturated heterocycles. The first-order valence-electron chi connectivity index (χ1n) is 17.0. The topological polar surface area (TPSA) is 113 Å². The molecule has 8 heteroatoms. The predicted molar refractivity (Wildman–Crippen MR) is 166 cm³/mol. The number of carbonyl (C=O) groups excluding carboxylic acids is 1. The SMILES string of the molecule is CC(CCC[C@@H](C)[C@H]1CC[C@H]2[C@@H]3CCC4CCCC[C@]4(C)[C@H]3CC[C@]12C)COC(=O)Cc1ccc([N+](=O)[O-])cc1[N+](=O)[O-]. The fraction of sp³-hybridized carbons (Fsp3) is 0.800. The lowest BCUT2D eigenvalue weighted by Crippen LogP contribution is -2.53. The lowest BCUT2D eigenvalue weighted by molar-refractivity contribution is -0.394. The molecule has 9 atom stereocenters. The van der Waals surface area contributed by atoms with Gasteiger partial charge in [0.1, 0.15) is 0 Å². The zero-order valence-corrected chi connectivity index (χ0v) is 26.7. The quantitative estimate of drug-likeness (QED) is 0.143. The smallest absolute Gasteiger partial charge is 0.310 e. The average Bonchev–Trinajstić information content (AvgIpc) is 3.33. The fourth-order valence-corrected chi connectivity index (χ4v) is 10.8. The second-order valence-electron chi connectivity index (χ2n) is 15.3. The summed E-state index contributed by atoms with van der Waals surface area (Å²) in [6.45, 7) is 10.2. The van der Waals surface area contributed by atoms with Gasteiger partial charge in [-0.1, -0.05) is 53.4 Å². The summed E-state index contributed by atoms with van der Waals surface area (Å²) in [7, 11) is 0. The Balaban J connectivity index is 1.08. The molecular weight excluding hydrogens is 544 g/mol. The molecule has 0 spiro atoms. The standard InChI is InChI=1S/C35H52N2O6/c1-23(22-43-33(38)20-25-11-13-27(36(39)40)21-32(25)37(41)42)8-7-9-24(2)29-15-16-30-28-14-12-26-10-5-6-18-34(26,3)31(28)17-19-35(29,30)4/h11,13,21,23-24,26,28-31H,5-10,12,14-20,22H2,1-4H3/t23?,24-,26?,28+,29-,30+,31+,34+,35-/m1/s1. The van der Waals surface area contributed by atoms with Crippen molar-refractivity contribution in [2.75, 3.05) is 6.61 Å². The Kier molecular flexibility index (Phi) is 9.53. The number of carbonyl (C=O) groups is 1. The minimum Gasteiger partial charge on any atom is -0.465 e. The number of hydrogen-bond acceptors (Lipinski definition) is 6. The molecular formula is C35H52N2O6. The molecule has 4 saturated carbocycles. The van der Waals surface area contributed by atoms with Gasteiger partial charge in [-0.3, -0.25) is 25.0 Å². The number of fused-ring (bicyclic) bond motifs is 5. The average molecular weight is 597 g/mol. The number of esters is 1. The Hall–Kier alpha value is -2.51. The van der Waals surface area contributed by atoms with Crippen molar-refractivity contribution in [1.82, 2.24) is 0 Å². The van der Waals surface area contributed by atoms with Gasteiger partial charge in [0, 0.05) is 11.6 Å². The summed E-state index contributed by atoms with van der Waals surface area (Å²) in [4.78, 5) is 33.4. The lowest BCUT2D eigenvalue weighted by atomic mass is 9.44. The number of benzene rings is 1. The van der Waals surface area contributed by atoms with E-state index >= 15 is 0 Å². The van der Waals surface area contributed by atoms with Gasteiger partial charge in [-0.05, 0) is 116 Å². The third-order valence-electron chi connectivity index (χ3n) is 13.0. The molecule has 1 aromatic rings. The van der Waals surface area contributed by atoms with Gasteiger partial charge in [-0.25, -0.2) is 0 Å². The summed E-state index contributed by atoms with van der Waals surface area (Å²) in [5.41, 5.74) is 0.408. The Morgan fingerprint density at radius 2 is 1.70 bits per heavy atom. The highest BCUT2D eigenvalue weighted by molar-refractivity contribution is 5.74. The van der Waals surface area contributed by atoms with Gasteiger partial charge in [0.25, 0.3) is 11.4 Å². The van der Waals surface area contributed by atoms with E-state index in [1.54, 1.807) is 0 Å². The van der Waals surface area contributed by atoms with E-state index in [1.807, 2.05) is 0 Å². The molecule has 0 amide bonds. The second kappa shape index (κ2) is 12.8. The van der Waals surface area contributed by atoms with Crippen LogP contribution in [0.15, 0.2) is 18.2 Å². The van der Waals surface area contributed by atoms with E-state index in [0.29, 0.717) is 16.7 Å². The van der Waals surface area contributed by atoms with Gasteiger partial charge in [0.05, 0.1) is 28.9 Å². The van der Waals surface area contributed by atoms with E-state index in [2.05, 4.69) is 27.7 Å². The Labute approximate surface area is 257 Å². The van der Waals surface area contributed by atoms with Crippen LogP contribution in [-0.4, -0.2) is 22.4 Å². The fourth-order valence-electron chi connectivity index (χ4n) is 10.8. The van der Waals surface area contributed by atoms with Gasteiger partial charge < -0.3 is 4.74 Å². The molecule has 1 aromatic carbocycles. The van der Waals surface area contributed by atoms with Crippen molar-refractivity contribution in [3.05, 3.63) is 44.0 Å². The molecule has 4 aliphatic rings. The molecule has 8 nitrogen and oxygen atoms in total.